The minimum atomic E-state index is -0.493. The van der Waals surface area contributed by atoms with Gasteiger partial charge in [0.2, 0.25) is 0 Å². The van der Waals surface area contributed by atoms with Crippen molar-refractivity contribution < 1.29 is 14.3 Å². The highest BCUT2D eigenvalue weighted by Gasteiger charge is 2.37. The summed E-state index contributed by atoms with van der Waals surface area (Å²) in [5.41, 5.74) is 2.02. The molecule has 0 saturated carbocycles. The van der Waals surface area contributed by atoms with Crippen molar-refractivity contribution in [3.05, 3.63) is 58.1 Å². The fourth-order valence-electron chi connectivity index (χ4n) is 2.37. The van der Waals surface area contributed by atoms with E-state index in [9.17, 15) is 9.59 Å². The molecule has 0 unspecified atom stereocenters. The van der Waals surface area contributed by atoms with Crippen LogP contribution >= 0.6 is 15.9 Å². The first kappa shape index (κ1) is 13.8. The van der Waals surface area contributed by atoms with E-state index < -0.39 is 11.7 Å². The number of amides is 1. The molecule has 0 spiro atoms. The summed E-state index contributed by atoms with van der Waals surface area (Å²) in [5, 5.41) is 0. The lowest BCUT2D eigenvalue weighted by Gasteiger charge is -2.16. The first-order valence-corrected chi connectivity index (χ1v) is 7.18. The third-order valence-corrected chi connectivity index (χ3v) is 4.11. The number of ketones is 1. The molecule has 1 heterocycles. The van der Waals surface area contributed by atoms with Crippen molar-refractivity contribution in [2.45, 2.75) is 6.54 Å². The minimum Gasteiger partial charge on any atom is -0.497 e. The Labute approximate surface area is 130 Å². The number of hydrogen-bond donors (Lipinski definition) is 0. The summed E-state index contributed by atoms with van der Waals surface area (Å²) in [4.78, 5) is 25.8. The van der Waals surface area contributed by atoms with Gasteiger partial charge in [-0.15, -0.1) is 0 Å². The highest BCUT2D eigenvalue weighted by molar-refractivity contribution is 9.10. The van der Waals surface area contributed by atoms with Crippen LogP contribution in [0.2, 0.25) is 0 Å². The molecule has 1 amide bonds. The summed E-state index contributed by atoms with van der Waals surface area (Å²) < 4.78 is 5.76. The van der Waals surface area contributed by atoms with Crippen LogP contribution < -0.4 is 9.64 Å². The maximum absolute atomic E-state index is 12.2. The minimum absolute atomic E-state index is 0.359. The van der Waals surface area contributed by atoms with Gasteiger partial charge in [-0.1, -0.05) is 18.2 Å². The van der Waals surface area contributed by atoms with Crippen LogP contribution in [0, 0.1) is 0 Å². The lowest BCUT2D eigenvalue weighted by Crippen LogP contribution is -2.29. The van der Waals surface area contributed by atoms with E-state index in [1.165, 1.54) is 4.90 Å². The molecular formula is C16H12BrNO3. The number of rotatable bonds is 3. The van der Waals surface area contributed by atoms with Crippen LogP contribution in [-0.4, -0.2) is 18.8 Å². The third-order valence-electron chi connectivity index (χ3n) is 3.45. The van der Waals surface area contributed by atoms with Crippen molar-refractivity contribution in [3.63, 3.8) is 0 Å². The maximum atomic E-state index is 12.2. The van der Waals surface area contributed by atoms with Gasteiger partial charge in [0.1, 0.15) is 5.75 Å². The van der Waals surface area contributed by atoms with Gasteiger partial charge >= 0.3 is 0 Å². The number of hydrogen-bond acceptors (Lipinski definition) is 3. The average molecular weight is 346 g/mol. The lowest BCUT2D eigenvalue weighted by molar-refractivity contribution is -0.114. The molecule has 3 rings (SSSR count). The van der Waals surface area contributed by atoms with Crippen LogP contribution in [0.15, 0.2) is 46.9 Å². The number of benzene rings is 2. The van der Waals surface area contributed by atoms with E-state index in [4.69, 9.17) is 4.74 Å². The third kappa shape index (κ3) is 2.34. The van der Waals surface area contributed by atoms with E-state index in [1.807, 2.05) is 30.3 Å². The van der Waals surface area contributed by atoms with Gasteiger partial charge in [-0.05, 0) is 45.8 Å². The summed E-state index contributed by atoms with van der Waals surface area (Å²) in [6.07, 6.45) is 0. The molecule has 106 valence electrons. The van der Waals surface area contributed by atoms with Gasteiger partial charge in [0, 0.05) is 4.47 Å². The summed E-state index contributed by atoms with van der Waals surface area (Å²) in [5.74, 6) is -0.204. The number of Topliss-reactive ketones (excluding diaryl/α,β-unsaturated/α-hetero) is 1. The van der Waals surface area contributed by atoms with Gasteiger partial charge in [0.25, 0.3) is 11.7 Å². The second-order valence-electron chi connectivity index (χ2n) is 4.70. The van der Waals surface area contributed by atoms with E-state index in [1.54, 1.807) is 19.2 Å². The van der Waals surface area contributed by atoms with Crippen LogP contribution in [0.5, 0.6) is 5.75 Å². The topological polar surface area (TPSA) is 46.6 Å². The van der Waals surface area contributed by atoms with Crippen molar-refractivity contribution in [1.29, 1.82) is 0 Å². The maximum Gasteiger partial charge on any atom is 0.299 e. The monoisotopic (exact) mass is 345 g/mol. The molecule has 0 atom stereocenters. The van der Waals surface area contributed by atoms with Gasteiger partial charge in [0.15, 0.2) is 0 Å². The Bertz CT molecular complexity index is 725. The zero-order valence-corrected chi connectivity index (χ0v) is 12.9. The summed E-state index contributed by atoms with van der Waals surface area (Å²) >= 11 is 3.33. The predicted octanol–water partition coefficient (Wildman–Crippen LogP) is 3.19. The SMILES string of the molecule is COc1ccc(CN2C(=O)C(=O)c3c(Br)cccc32)cc1. The standard InChI is InChI=1S/C16H12BrNO3/c1-21-11-7-5-10(6-8-11)9-18-13-4-2-3-12(17)14(13)15(19)16(18)20/h2-8H,9H2,1H3. The molecule has 0 aromatic heterocycles. The molecule has 0 saturated heterocycles. The molecule has 0 bridgehead atoms. The van der Waals surface area contributed by atoms with E-state index in [2.05, 4.69) is 15.9 Å². The Balaban J connectivity index is 1.94. The number of carbonyl (C=O) groups excluding carboxylic acids is 2. The molecule has 2 aromatic rings. The van der Waals surface area contributed by atoms with E-state index in [0.717, 1.165) is 11.3 Å². The zero-order valence-electron chi connectivity index (χ0n) is 11.3. The molecule has 0 N–H and O–H groups in total. The fraction of sp³-hybridized carbons (Fsp3) is 0.125. The fourth-order valence-corrected chi connectivity index (χ4v) is 2.91. The lowest BCUT2D eigenvalue weighted by atomic mass is 10.1. The van der Waals surface area contributed by atoms with Crippen molar-refractivity contribution in [1.82, 2.24) is 0 Å². The molecule has 1 aliphatic rings. The molecular weight excluding hydrogens is 334 g/mol. The molecule has 4 nitrogen and oxygen atoms in total. The van der Waals surface area contributed by atoms with Gasteiger partial charge in [-0.3, -0.25) is 9.59 Å². The number of methoxy groups -OCH3 is 1. The number of carbonyl (C=O) groups is 2. The summed E-state index contributed by atoms with van der Waals surface area (Å²) in [7, 11) is 1.60. The molecule has 0 fully saturated rings. The van der Waals surface area contributed by atoms with Gasteiger partial charge in [-0.2, -0.15) is 0 Å². The first-order valence-electron chi connectivity index (χ1n) is 6.39. The smallest absolute Gasteiger partial charge is 0.299 e. The van der Waals surface area contributed by atoms with Crippen LogP contribution in [0.3, 0.4) is 0 Å². The second kappa shape index (κ2) is 5.33. The van der Waals surface area contributed by atoms with Crippen LogP contribution in [-0.2, 0) is 11.3 Å². The van der Waals surface area contributed by atoms with Gasteiger partial charge in [0.05, 0.1) is 24.9 Å². The van der Waals surface area contributed by atoms with E-state index in [0.29, 0.717) is 22.3 Å². The molecule has 5 heteroatoms. The molecule has 21 heavy (non-hydrogen) atoms. The Kier molecular flexibility index (Phi) is 3.51. The Morgan fingerprint density at radius 3 is 2.48 bits per heavy atom. The average Bonchev–Trinajstić information content (AvgIpc) is 2.74. The Morgan fingerprint density at radius 1 is 1.10 bits per heavy atom. The quantitative estimate of drug-likeness (QED) is 0.802. The van der Waals surface area contributed by atoms with Crippen LogP contribution in [0.4, 0.5) is 5.69 Å². The normalized spacial score (nSPS) is 13.5. The summed E-state index contributed by atoms with van der Waals surface area (Å²) in [6, 6.07) is 12.8. The Hall–Kier alpha value is -2.14. The van der Waals surface area contributed by atoms with Gasteiger partial charge in [-0.25, -0.2) is 0 Å². The number of ether oxygens (including phenoxy) is 1. The van der Waals surface area contributed by atoms with E-state index >= 15 is 0 Å². The Morgan fingerprint density at radius 2 is 1.81 bits per heavy atom. The second-order valence-corrected chi connectivity index (χ2v) is 5.56. The van der Waals surface area contributed by atoms with Crippen molar-refractivity contribution in [3.8, 4) is 5.75 Å². The molecule has 0 aliphatic carbocycles. The highest BCUT2D eigenvalue weighted by Crippen LogP contribution is 2.35. The molecule has 2 aromatic carbocycles. The van der Waals surface area contributed by atoms with Crippen LogP contribution in [0.25, 0.3) is 0 Å². The largest absolute Gasteiger partial charge is 0.497 e. The van der Waals surface area contributed by atoms with Crippen molar-refractivity contribution in [2.24, 2.45) is 0 Å². The molecule has 0 radical (unpaired) electrons. The number of halogens is 1. The summed E-state index contributed by atoms with van der Waals surface area (Å²) in [6.45, 7) is 0.359. The van der Waals surface area contributed by atoms with Crippen LogP contribution in [0.1, 0.15) is 15.9 Å². The number of anilines is 1. The zero-order chi connectivity index (χ0) is 15.0. The van der Waals surface area contributed by atoms with Crippen molar-refractivity contribution >= 4 is 33.3 Å². The van der Waals surface area contributed by atoms with Crippen molar-refractivity contribution in [2.75, 3.05) is 12.0 Å². The molecule has 1 aliphatic heterocycles. The van der Waals surface area contributed by atoms with Gasteiger partial charge < -0.3 is 9.64 Å². The predicted molar refractivity (Wildman–Crippen MR) is 82.7 cm³/mol. The first-order chi connectivity index (χ1) is 10.1. The van der Waals surface area contributed by atoms with E-state index in [-0.39, 0.29) is 0 Å². The number of nitrogens with zero attached hydrogens (tertiary/aromatic N) is 1. The number of fused-ring (bicyclic) bond motifs is 1. The highest BCUT2D eigenvalue weighted by atomic mass is 79.9.